The van der Waals surface area contributed by atoms with Crippen molar-refractivity contribution < 1.29 is 33.2 Å². The Morgan fingerprint density at radius 1 is 0.592 bits per heavy atom. The molecule has 1 fully saturated rings. The Hall–Kier alpha value is -2.62. The summed E-state index contributed by atoms with van der Waals surface area (Å²) in [7, 11) is 0. The molecule has 2 unspecified atom stereocenters. The predicted molar refractivity (Wildman–Crippen MR) is 194 cm³/mol. The standard InChI is InChI=1S/C42H58O7/c1-7-40(4,5)33-15-17-35-36-18-16-34(41(6,8-2)9-3)30-38(36)42(37(35)29-33,32-13-11-10-12-14-32)49-39-31-47-26-25-45-22-21-43-19-20-44-23-24-46-27-28-48-39/h10-18,29-30,39H,7-9,19-28,31H2,1-6H3. The fraction of sp³-hybridized carbons (Fsp3) is 0.571. The third kappa shape index (κ3) is 8.65. The van der Waals surface area contributed by atoms with Crippen molar-refractivity contribution in [2.45, 2.75) is 83.5 Å². The molecule has 49 heavy (non-hydrogen) atoms. The van der Waals surface area contributed by atoms with Gasteiger partial charge in [-0.05, 0) is 57.9 Å². The van der Waals surface area contributed by atoms with Gasteiger partial charge in [0.15, 0.2) is 6.29 Å². The first-order valence-corrected chi connectivity index (χ1v) is 18.3. The summed E-state index contributed by atoms with van der Waals surface area (Å²) in [5.41, 5.74) is 7.43. The lowest BCUT2D eigenvalue weighted by atomic mass is 9.75. The molecule has 0 spiro atoms. The van der Waals surface area contributed by atoms with Crippen LogP contribution in [0, 0.1) is 0 Å². The van der Waals surface area contributed by atoms with Crippen molar-refractivity contribution in [3.05, 3.63) is 94.5 Å². The van der Waals surface area contributed by atoms with Crippen LogP contribution in [0.15, 0.2) is 66.7 Å². The number of fused-ring (bicyclic) bond motifs is 3. The van der Waals surface area contributed by atoms with E-state index in [4.69, 9.17) is 33.2 Å². The summed E-state index contributed by atoms with van der Waals surface area (Å²) in [6.45, 7) is 18.7. The maximum absolute atomic E-state index is 7.47. The first kappa shape index (κ1) is 37.6. The van der Waals surface area contributed by atoms with Crippen molar-refractivity contribution in [3.63, 3.8) is 0 Å². The lowest BCUT2D eigenvalue weighted by molar-refractivity contribution is -0.217. The predicted octanol–water partition coefficient (Wildman–Crippen LogP) is 8.18. The van der Waals surface area contributed by atoms with Crippen molar-refractivity contribution in [2.24, 2.45) is 0 Å². The van der Waals surface area contributed by atoms with Gasteiger partial charge in [0.2, 0.25) is 0 Å². The molecule has 1 aliphatic heterocycles. The molecule has 0 amide bonds. The van der Waals surface area contributed by atoms with Gasteiger partial charge in [0.05, 0.1) is 72.7 Å². The molecule has 0 aromatic heterocycles. The Balaban J connectivity index is 1.60. The molecular weight excluding hydrogens is 616 g/mol. The molecule has 1 aliphatic carbocycles. The van der Waals surface area contributed by atoms with E-state index in [1.807, 2.05) is 0 Å². The Morgan fingerprint density at radius 3 is 1.61 bits per heavy atom. The smallest absolute Gasteiger partial charge is 0.182 e. The van der Waals surface area contributed by atoms with Gasteiger partial charge in [0.25, 0.3) is 0 Å². The molecule has 1 heterocycles. The minimum Gasteiger partial charge on any atom is -0.377 e. The second kappa shape index (κ2) is 17.5. The van der Waals surface area contributed by atoms with Crippen molar-refractivity contribution in [1.82, 2.24) is 0 Å². The number of ether oxygens (including phenoxy) is 7. The molecular formula is C42H58O7. The van der Waals surface area contributed by atoms with Crippen LogP contribution in [0.3, 0.4) is 0 Å². The van der Waals surface area contributed by atoms with Gasteiger partial charge >= 0.3 is 0 Å². The van der Waals surface area contributed by atoms with Gasteiger partial charge in [-0.2, -0.15) is 0 Å². The molecule has 0 N–H and O–H groups in total. The molecule has 5 rings (SSSR count). The maximum atomic E-state index is 7.47. The maximum Gasteiger partial charge on any atom is 0.182 e. The molecule has 3 aromatic rings. The van der Waals surface area contributed by atoms with Gasteiger partial charge < -0.3 is 33.2 Å². The van der Waals surface area contributed by atoms with E-state index in [0.717, 1.165) is 36.0 Å². The lowest BCUT2D eigenvalue weighted by Gasteiger charge is -2.38. The monoisotopic (exact) mass is 674 g/mol. The third-order valence-electron chi connectivity index (χ3n) is 10.8. The largest absolute Gasteiger partial charge is 0.377 e. The van der Waals surface area contributed by atoms with Crippen molar-refractivity contribution >= 4 is 0 Å². The van der Waals surface area contributed by atoms with E-state index in [0.29, 0.717) is 66.1 Å². The molecule has 7 heteroatoms. The summed E-state index contributed by atoms with van der Waals surface area (Å²) in [5, 5.41) is 0. The molecule has 2 atom stereocenters. The van der Waals surface area contributed by atoms with Gasteiger partial charge in [-0.15, -0.1) is 0 Å². The summed E-state index contributed by atoms with van der Waals surface area (Å²) in [5.74, 6) is 0. The molecule has 0 radical (unpaired) electrons. The number of hydrogen-bond acceptors (Lipinski definition) is 7. The Morgan fingerprint density at radius 2 is 1.08 bits per heavy atom. The molecule has 0 bridgehead atoms. The van der Waals surface area contributed by atoms with Crippen LogP contribution in [-0.2, 0) is 49.6 Å². The quantitative estimate of drug-likeness (QED) is 0.239. The zero-order valence-corrected chi connectivity index (χ0v) is 30.7. The van der Waals surface area contributed by atoms with E-state index in [9.17, 15) is 0 Å². The Labute approximate surface area is 294 Å². The van der Waals surface area contributed by atoms with Crippen molar-refractivity contribution in [1.29, 1.82) is 0 Å². The normalized spacial score (nSPS) is 22.1. The minimum absolute atomic E-state index is 0.00797. The number of rotatable bonds is 8. The molecule has 7 nitrogen and oxygen atoms in total. The second-order valence-corrected chi connectivity index (χ2v) is 14.0. The summed E-state index contributed by atoms with van der Waals surface area (Å²) >= 11 is 0. The van der Waals surface area contributed by atoms with Gasteiger partial charge in [0.1, 0.15) is 5.60 Å². The fourth-order valence-corrected chi connectivity index (χ4v) is 6.73. The summed E-state index contributed by atoms with van der Waals surface area (Å²) in [6.07, 6.45) is 2.42. The highest BCUT2D eigenvalue weighted by molar-refractivity contribution is 5.83. The van der Waals surface area contributed by atoms with E-state index in [2.05, 4.69) is 108 Å². The first-order chi connectivity index (χ1) is 23.8. The lowest BCUT2D eigenvalue weighted by Crippen LogP contribution is -2.39. The molecule has 0 saturated carbocycles. The average molecular weight is 675 g/mol. The highest BCUT2D eigenvalue weighted by Gasteiger charge is 2.49. The highest BCUT2D eigenvalue weighted by Crippen LogP contribution is 2.55. The van der Waals surface area contributed by atoms with Gasteiger partial charge in [-0.1, -0.05) is 108 Å². The Bertz CT molecular complexity index is 1430. The van der Waals surface area contributed by atoms with Crippen LogP contribution >= 0.6 is 0 Å². The van der Waals surface area contributed by atoms with E-state index in [1.165, 1.54) is 22.3 Å². The minimum atomic E-state index is -0.933. The van der Waals surface area contributed by atoms with Crippen LogP contribution in [0.25, 0.3) is 11.1 Å². The molecule has 2 aliphatic rings. The fourth-order valence-electron chi connectivity index (χ4n) is 6.73. The van der Waals surface area contributed by atoms with Crippen LogP contribution in [0.4, 0.5) is 0 Å². The topological polar surface area (TPSA) is 64.6 Å². The molecule has 1 saturated heterocycles. The third-order valence-corrected chi connectivity index (χ3v) is 10.8. The molecule has 3 aromatic carbocycles. The van der Waals surface area contributed by atoms with Crippen LogP contribution in [0.2, 0.25) is 0 Å². The SMILES string of the molecule is CCC(C)(C)c1ccc2c(c1)C(OC1COCCOCCOCCOCCOCCO1)(c1ccccc1)c1cc(C(C)(CC)CC)ccc1-2. The zero-order valence-electron chi connectivity index (χ0n) is 30.7. The van der Waals surface area contributed by atoms with E-state index in [1.54, 1.807) is 0 Å². The summed E-state index contributed by atoms with van der Waals surface area (Å²) in [6, 6.07) is 24.6. The summed E-state index contributed by atoms with van der Waals surface area (Å²) < 4.78 is 43.0. The van der Waals surface area contributed by atoms with Crippen LogP contribution in [0.1, 0.15) is 88.6 Å². The first-order valence-electron chi connectivity index (χ1n) is 18.3. The van der Waals surface area contributed by atoms with Crippen LogP contribution in [-0.4, -0.2) is 79.0 Å². The van der Waals surface area contributed by atoms with Gasteiger partial charge in [0, 0.05) is 11.1 Å². The van der Waals surface area contributed by atoms with Crippen LogP contribution in [0.5, 0.6) is 0 Å². The zero-order chi connectivity index (χ0) is 34.7. The second-order valence-electron chi connectivity index (χ2n) is 14.0. The Kier molecular flexibility index (Phi) is 13.5. The van der Waals surface area contributed by atoms with E-state index >= 15 is 0 Å². The van der Waals surface area contributed by atoms with Crippen LogP contribution < -0.4 is 0 Å². The highest BCUT2D eigenvalue weighted by atomic mass is 16.7. The number of hydrogen-bond donors (Lipinski definition) is 0. The van der Waals surface area contributed by atoms with Crippen molar-refractivity contribution in [3.8, 4) is 11.1 Å². The average Bonchev–Trinajstić information content (AvgIpc) is 3.41. The number of benzene rings is 3. The van der Waals surface area contributed by atoms with Gasteiger partial charge in [-0.25, -0.2) is 0 Å². The van der Waals surface area contributed by atoms with Gasteiger partial charge in [-0.3, -0.25) is 0 Å². The van der Waals surface area contributed by atoms with Crippen molar-refractivity contribution in [2.75, 3.05) is 72.7 Å². The molecule has 268 valence electrons. The van der Waals surface area contributed by atoms with E-state index in [-0.39, 0.29) is 17.4 Å². The van der Waals surface area contributed by atoms with E-state index < -0.39 is 11.9 Å². The summed E-state index contributed by atoms with van der Waals surface area (Å²) in [4.78, 5) is 0.